The third kappa shape index (κ3) is 3.22. The van der Waals surface area contributed by atoms with Gasteiger partial charge in [-0.25, -0.2) is 14.3 Å². The summed E-state index contributed by atoms with van der Waals surface area (Å²) in [6.45, 7) is 5.27. The number of aromatic nitrogens is 2. The maximum Gasteiger partial charge on any atom is 0.420 e. The van der Waals surface area contributed by atoms with Crippen molar-refractivity contribution in [2.75, 3.05) is 5.73 Å². The lowest BCUT2D eigenvalue weighted by atomic mass is 10.1. The number of benzene rings is 1. The molecule has 2 aromatic rings. The fourth-order valence-electron chi connectivity index (χ4n) is 1.84. The molecule has 0 saturated heterocycles. The number of ether oxygens (including phenoxy) is 1. The van der Waals surface area contributed by atoms with Crippen molar-refractivity contribution in [2.24, 2.45) is 0 Å². The van der Waals surface area contributed by atoms with Gasteiger partial charge in [0.25, 0.3) is 5.69 Å². The van der Waals surface area contributed by atoms with Crippen LogP contribution in [0.4, 0.5) is 16.2 Å². The van der Waals surface area contributed by atoms with Gasteiger partial charge in [-0.2, -0.15) is 0 Å². The van der Waals surface area contributed by atoms with Gasteiger partial charge in [-0.05, 0) is 32.9 Å². The van der Waals surface area contributed by atoms with E-state index in [2.05, 4.69) is 4.98 Å². The maximum atomic E-state index is 12.1. The second kappa shape index (κ2) is 5.47. The lowest BCUT2D eigenvalue weighted by Gasteiger charge is -2.20. The number of nitrogen functional groups attached to an aromatic ring is 1. The topological polar surface area (TPSA) is 113 Å². The molecule has 0 unspecified atom stereocenters. The van der Waals surface area contributed by atoms with E-state index in [0.29, 0.717) is 11.4 Å². The van der Waals surface area contributed by atoms with Crippen molar-refractivity contribution < 1.29 is 14.5 Å². The number of rotatable bonds is 2. The van der Waals surface area contributed by atoms with E-state index in [1.54, 1.807) is 20.8 Å². The number of nitrogens with two attached hydrogens (primary N) is 1. The molecule has 1 heterocycles. The molecule has 0 aliphatic carbocycles. The molecule has 0 amide bonds. The Bertz CT molecular complexity index is 731. The van der Waals surface area contributed by atoms with E-state index in [1.807, 2.05) is 0 Å². The number of imidazole rings is 1. The highest BCUT2D eigenvalue weighted by Crippen LogP contribution is 2.27. The Kier molecular flexibility index (Phi) is 3.85. The van der Waals surface area contributed by atoms with Gasteiger partial charge in [-0.1, -0.05) is 0 Å². The summed E-state index contributed by atoms with van der Waals surface area (Å²) in [5.41, 5.74) is 5.31. The minimum Gasteiger partial charge on any atom is -0.443 e. The summed E-state index contributed by atoms with van der Waals surface area (Å²) in [4.78, 5) is 26.4. The van der Waals surface area contributed by atoms with Crippen molar-refractivity contribution in [2.45, 2.75) is 26.4 Å². The fraction of sp³-hybridized carbons (Fsp3) is 0.286. The highest BCUT2D eigenvalue weighted by molar-refractivity contribution is 5.78. The van der Waals surface area contributed by atoms with Crippen LogP contribution < -0.4 is 5.73 Å². The predicted molar refractivity (Wildman–Crippen MR) is 80.4 cm³/mol. The van der Waals surface area contributed by atoms with Crippen LogP contribution in [0, 0.1) is 10.1 Å². The number of nitrogens with zero attached hydrogens (tertiary/aromatic N) is 3. The van der Waals surface area contributed by atoms with Crippen molar-refractivity contribution in [1.29, 1.82) is 0 Å². The third-order valence-electron chi connectivity index (χ3n) is 2.71. The van der Waals surface area contributed by atoms with Crippen molar-refractivity contribution in [1.82, 2.24) is 9.55 Å². The Hall–Kier alpha value is -2.90. The van der Waals surface area contributed by atoms with Gasteiger partial charge in [0.15, 0.2) is 0 Å². The van der Waals surface area contributed by atoms with E-state index < -0.39 is 16.6 Å². The van der Waals surface area contributed by atoms with Gasteiger partial charge in [0.1, 0.15) is 17.1 Å². The zero-order valence-electron chi connectivity index (χ0n) is 12.4. The van der Waals surface area contributed by atoms with Crippen LogP contribution in [0.3, 0.4) is 0 Å². The first-order valence-corrected chi connectivity index (χ1v) is 6.50. The minimum absolute atomic E-state index is 0.00115. The van der Waals surface area contributed by atoms with Gasteiger partial charge < -0.3 is 10.5 Å². The molecule has 0 aliphatic heterocycles. The quantitative estimate of drug-likeness (QED) is 0.518. The van der Waals surface area contributed by atoms with Gasteiger partial charge in [-0.15, -0.1) is 0 Å². The molecular formula is C14H16N4O4. The van der Waals surface area contributed by atoms with Gasteiger partial charge in [0, 0.05) is 24.0 Å². The molecule has 0 fully saturated rings. The summed E-state index contributed by atoms with van der Waals surface area (Å²) < 4.78 is 6.51. The van der Waals surface area contributed by atoms with Gasteiger partial charge in [0.2, 0.25) is 0 Å². The minimum atomic E-state index is -0.646. The Morgan fingerprint density at radius 2 is 2.09 bits per heavy atom. The zero-order chi connectivity index (χ0) is 16.5. The average molecular weight is 304 g/mol. The molecule has 1 aromatic heterocycles. The van der Waals surface area contributed by atoms with Crippen molar-refractivity contribution >= 4 is 17.5 Å². The van der Waals surface area contributed by atoms with Crippen molar-refractivity contribution in [3.8, 4) is 11.4 Å². The molecule has 22 heavy (non-hydrogen) atoms. The van der Waals surface area contributed by atoms with E-state index in [4.69, 9.17) is 10.5 Å². The highest BCUT2D eigenvalue weighted by atomic mass is 16.6. The number of carbonyl (C=O) groups excluding carboxylic acids is 1. The molecule has 0 atom stereocenters. The summed E-state index contributed by atoms with van der Waals surface area (Å²) in [7, 11) is 0. The molecule has 1 aromatic carbocycles. The molecule has 0 saturated carbocycles. The van der Waals surface area contributed by atoms with E-state index in [0.717, 1.165) is 0 Å². The zero-order valence-corrected chi connectivity index (χ0v) is 12.4. The number of carbonyl (C=O) groups is 1. The number of hydrogen-bond donors (Lipinski definition) is 1. The van der Waals surface area contributed by atoms with Crippen LogP contribution in [0.25, 0.3) is 11.4 Å². The summed E-state index contributed by atoms with van der Waals surface area (Å²) in [5.74, 6) is 0.302. The van der Waals surface area contributed by atoms with E-state index >= 15 is 0 Å². The molecule has 116 valence electrons. The second-order valence-corrected chi connectivity index (χ2v) is 5.63. The Labute approximate surface area is 126 Å². The standard InChI is InChI=1S/C14H16N4O4/c1-14(2,3)22-13(19)17-7-6-16-12(17)9-4-5-11(18(20)21)10(15)8-9/h4-8H,15H2,1-3H3. The molecule has 2 rings (SSSR count). The second-order valence-electron chi connectivity index (χ2n) is 5.63. The predicted octanol–water partition coefficient (Wildman–Crippen LogP) is 2.82. The number of nitro groups is 1. The molecule has 8 heteroatoms. The molecule has 0 radical (unpaired) electrons. The van der Waals surface area contributed by atoms with Crippen molar-refractivity contribution in [3.05, 3.63) is 40.7 Å². The molecule has 0 bridgehead atoms. The smallest absolute Gasteiger partial charge is 0.420 e. The lowest BCUT2D eigenvalue weighted by Crippen LogP contribution is -2.27. The summed E-state index contributed by atoms with van der Waals surface area (Å²) >= 11 is 0. The summed E-state index contributed by atoms with van der Waals surface area (Å²) in [6, 6.07) is 4.16. The molecule has 0 aliphatic rings. The Morgan fingerprint density at radius 3 is 2.64 bits per heavy atom. The first-order valence-electron chi connectivity index (χ1n) is 6.50. The van der Waals surface area contributed by atoms with Gasteiger partial charge in [0.05, 0.1) is 4.92 Å². The molecule has 2 N–H and O–H groups in total. The summed E-state index contributed by atoms with van der Waals surface area (Å²) in [6.07, 6.45) is 2.31. The van der Waals surface area contributed by atoms with E-state index in [1.165, 1.54) is 35.2 Å². The summed E-state index contributed by atoms with van der Waals surface area (Å²) in [5, 5.41) is 10.8. The first-order chi connectivity index (χ1) is 10.2. The first kappa shape index (κ1) is 15.5. The van der Waals surface area contributed by atoms with Crippen LogP contribution >= 0.6 is 0 Å². The van der Waals surface area contributed by atoms with Crippen LogP contribution in [0.5, 0.6) is 0 Å². The Morgan fingerprint density at radius 1 is 1.41 bits per heavy atom. The van der Waals surface area contributed by atoms with Crippen LogP contribution in [0.15, 0.2) is 30.6 Å². The maximum absolute atomic E-state index is 12.1. The SMILES string of the molecule is CC(C)(C)OC(=O)n1ccnc1-c1ccc([N+](=O)[O-])c(N)c1. The molecule has 8 nitrogen and oxygen atoms in total. The van der Waals surface area contributed by atoms with Gasteiger partial charge in [-0.3, -0.25) is 10.1 Å². The number of anilines is 1. The van der Waals surface area contributed by atoms with Crippen LogP contribution in [0.2, 0.25) is 0 Å². The number of hydrogen-bond acceptors (Lipinski definition) is 6. The third-order valence-corrected chi connectivity index (χ3v) is 2.71. The fourth-order valence-corrected chi connectivity index (χ4v) is 1.84. The highest BCUT2D eigenvalue weighted by Gasteiger charge is 2.21. The van der Waals surface area contributed by atoms with Crippen LogP contribution in [-0.2, 0) is 4.74 Å². The average Bonchev–Trinajstić information content (AvgIpc) is 2.85. The normalized spacial score (nSPS) is 11.2. The lowest BCUT2D eigenvalue weighted by molar-refractivity contribution is -0.383. The monoisotopic (exact) mass is 304 g/mol. The van der Waals surface area contributed by atoms with E-state index in [9.17, 15) is 14.9 Å². The largest absolute Gasteiger partial charge is 0.443 e. The van der Waals surface area contributed by atoms with Crippen LogP contribution in [-0.4, -0.2) is 26.2 Å². The Balaban J connectivity index is 2.39. The molecule has 0 spiro atoms. The van der Waals surface area contributed by atoms with Crippen molar-refractivity contribution in [3.63, 3.8) is 0 Å². The molecular weight excluding hydrogens is 288 g/mol. The number of nitro benzene ring substituents is 1. The van der Waals surface area contributed by atoms with Gasteiger partial charge >= 0.3 is 6.09 Å². The van der Waals surface area contributed by atoms with E-state index in [-0.39, 0.29) is 11.4 Å². The van der Waals surface area contributed by atoms with Crippen LogP contribution in [0.1, 0.15) is 20.8 Å².